The van der Waals surface area contributed by atoms with Crippen LogP contribution in [-0.2, 0) is 4.79 Å². The Morgan fingerprint density at radius 2 is 2.09 bits per heavy atom. The molecular formula is C26H35N5O4. The van der Waals surface area contributed by atoms with E-state index in [2.05, 4.69) is 21.3 Å². The predicted octanol–water partition coefficient (Wildman–Crippen LogP) is 2.86. The molecule has 35 heavy (non-hydrogen) atoms. The van der Waals surface area contributed by atoms with Crippen LogP contribution in [0.15, 0.2) is 32.4 Å². The summed E-state index contributed by atoms with van der Waals surface area (Å²) in [6, 6.07) is 6.73. The Labute approximate surface area is 205 Å². The third-order valence-electron chi connectivity index (χ3n) is 7.44. The van der Waals surface area contributed by atoms with Crippen molar-refractivity contribution in [2.45, 2.75) is 69.4 Å². The number of ether oxygens (including phenoxy) is 1. The second-order valence-electron chi connectivity index (χ2n) is 9.94. The number of carbonyl (C=O) groups is 1. The van der Waals surface area contributed by atoms with Crippen molar-refractivity contribution in [2.24, 2.45) is 10.9 Å². The van der Waals surface area contributed by atoms with Crippen molar-refractivity contribution in [3.63, 3.8) is 0 Å². The lowest BCUT2D eigenvalue weighted by Crippen LogP contribution is -2.56. The lowest BCUT2D eigenvalue weighted by atomic mass is 9.85. The summed E-state index contributed by atoms with van der Waals surface area (Å²) in [5.41, 5.74) is -0.246. The fraction of sp³-hybridized carbons (Fsp3) is 0.615. The topological polar surface area (TPSA) is 124 Å². The summed E-state index contributed by atoms with van der Waals surface area (Å²) in [4.78, 5) is 35.3. The first-order valence-corrected chi connectivity index (χ1v) is 12.6. The zero-order valence-corrected chi connectivity index (χ0v) is 20.6. The number of likely N-dealkylation sites (tertiary alicyclic amines) is 1. The Kier molecular flexibility index (Phi) is 7.91. The number of piperidine rings is 1. The number of H-pyrrole nitrogens is 1. The summed E-state index contributed by atoms with van der Waals surface area (Å²) < 4.78 is 10.6. The number of benzene rings is 1. The van der Waals surface area contributed by atoms with Gasteiger partial charge in [0.25, 0.3) is 0 Å². The second kappa shape index (κ2) is 11.1. The van der Waals surface area contributed by atoms with Crippen molar-refractivity contribution >= 4 is 16.9 Å². The predicted molar refractivity (Wildman–Crippen MR) is 132 cm³/mol. The SMILES string of the molecule is COc1ccc2oc(=O)[nH]/c(=N\C(CCC3CCCCC3)C(=O)NC3(C#N)CCN(C)CC3)c2c1. The average molecular weight is 482 g/mol. The lowest BCUT2D eigenvalue weighted by molar-refractivity contribution is -0.124. The second-order valence-corrected chi connectivity index (χ2v) is 9.94. The van der Waals surface area contributed by atoms with Crippen LogP contribution in [0.3, 0.4) is 0 Å². The van der Waals surface area contributed by atoms with Gasteiger partial charge in [0.1, 0.15) is 28.4 Å². The molecule has 1 aromatic carbocycles. The van der Waals surface area contributed by atoms with E-state index >= 15 is 0 Å². The molecule has 2 heterocycles. The van der Waals surface area contributed by atoms with E-state index in [-0.39, 0.29) is 11.4 Å². The highest BCUT2D eigenvalue weighted by Gasteiger charge is 2.37. The van der Waals surface area contributed by atoms with Crippen molar-refractivity contribution in [1.29, 1.82) is 5.26 Å². The molecule has 1 atom stereocenters. The van der Waals surface area contributed by atoms with Crippen LogP contribution < -0.4 is 21.3 Å². The molecule has 4 rings (SSSR count). The molecule has 0 spiro atoms. The maximum atomic E-state index is 13.6. The molecule has 0 bridgehead atoms. The third kappa shape index (κ3) is 6.12. The highest BCUT2D eigenvalue weighted by Crippen LogP contribution is 2.29. The van der Waals surface area contributed by atoms with Gasteiger partial charge in [0.05, 0.1) is 18.6 Å². The third-order valence-corrected chi connectivity index (χ3v) is 7.44. The van der Waals surface area contributed by atoms with Gasteiger partial charge < -0.3 is 19.4 Å². The normalized spacial score (nSPS) is 20.3. The molecule has 1 aromatic heterocycles. The minimum absolute atomic E-state index is 0.274. The van der Waals surface area contributed by atoms with Crippen LogP contribution in [0.25, 0.3) is 11.0 Å². The summed E-state index contributed by atoms with van der Waals surface area (Å²) >= 11 is 0. The number of nitrogens with one attached hydrogen (secondary N) is 2. The zero-order chi connectivity index (χ0) is 24.8. The van der Waals surface area contributed by atoms with Crippen LogP contribution in [0.4, 0.5) is 0 Å². The van der Waals surface area contributed by atoms with Crippen LogP contribution >= 0.6 is 0 Å². The van der Waals surface area contributed by atoms with Crippen molar-refractivity contribution in [1.82, 2.24) is 15.2 Å². The Hall–Kier alpha value is -3.12. The minimum atomic E-state index is -0.896. The number of rotatable bonds is 7. The van der Waals surface area contributed by atoms with E-state index in [0.717, 1.165) is 19.5 Å². The molecule has 2 aromatic rings. The van der Waals surface area contributed by atoms with E-state index in [1.807, 2.05) is 7.05 Å². The molecule has 9 nitrogen and oxygen atoms in total. The quantitative estimate of drug-likeness (QED) is 0.627. The van der Waals surface area contributed by atoms with Crippen molar-refractivity contribution < 1.29 is 13.9 Å². The first-order chi connectivity index (χ1) is 16.9. The van der Waals surface area contributed by atoms with Gasteiger partial charge in [0, 0.05) is 13.1 Å². The Bertz CT molecular complexity index is 1200. The Balaban J connectivity index is 1.67. The van der Waals surface area contributed by atoms with Gasteiger partial charge in [-0.2, -0.15) is 5.26 Å². The van der Waals surface area contributed by atoms with Crippen molar-refractivity contribution in [3.05, 3.63) is 34.2 Å². The number of carbonyl (C=O) groups excluding carboxylic acids is 1. The number of nitriles is 1. The molecule has 0 radical (unpaired) electrons. The smallest absolute Gasteiger partial charge is 0.418 e. The van der Waals surface area contributed by atoms with E-state index in [1.165, 1.54) is 32.1 Å². The molecule has 9 heteroatoms. The number of methoxy groups -OCH3 is 1. The van der Waals surface area contributed by atoms with Gasteiger partial charge in [-0.1, -0.05) is 32.1 Å². The number of aromatic nitrogens is 1. The maximum absolute atomic E-state index is 13.6. The molecule has 1 saturated carbocycles. The highest BCUT2D eigenvalue weighted by molar-refractivity contribution is 5.83. The zero-order valence-electron chi connectivity index (χ0n) is 20.6. The summed E-state index contributed by atoms with van der Waals surface area (Å²) in [7, 11) is 3.58. The van der Waals surface area contributed by atoms with Crippen LogP contribution in [0, 0.1) is 17.2 Å². The van der Waals surface area contributed by atoms with Gasteiger partial charge in [0.15, 0.2) is 0 Å². The summed E-state index contributed by atoms with van der Waals surface area (Å²) in [6.45, 7) is 1.49. The number of hydrogen-bond donors (Lipinski definition) is 2. The number of nitrogens with zero attached hydrogens (tertiary/aromatic N) is 3. The Morgan fingerprint density at radius 1 is 1.34 bits per heavy atom. The Morgan fingerprint density at radius 3 is 2.77 bits per heavy atom. The fourth-order valence-corrected chi connectivity index (χ4v) is 5.16. The molecule has 2 fully saturated rings. The van der Waals surface area contributed by atoms with Gasteiger partial charge in [-0.15, -0.1) is 0 Å². The molecule has 2 aliphatic rings. The largest absolute Gasteiger partial charge is 0.497 e. The maximum Gasteiger partial charge on any atom is 0.418 e. The van der Waals surface area contributed by atoms with Crippen LogP contribution in [0.1, 0.15) is 57.8 Å². The van der Waals surface area contributed by atoms with E-state index in [9.17, 15) is 14.9 Å². The monoisotopic (exact) mass is 481 g/mol. The molecule has 1 unspecified atom stereocenters. The van der Waals surface area contributed by atoms with Crippen LogP contribution in [-0.4, -0.2) is 54.6 Å². The molecule has 1 saturated heterocycles. The molecule has 1 aliphatic heterocycles. The number of fused-ring (bicyclic) bond motifs is 1. The first-order valence-electron chi connectivity index (χ1n) is 12.6. The number of amides is 1. The first kappa shape index (κ1) is 25.0. The van der Waals surface area contributed by atoms with E-state index < -0.39 is 17.3 Å². The highest BCUT2D eigenvalue weighted by atomic mass is 16.5. The van der Waals surface area contributed by atoms with Gasteiger partial charge >= 0.3 is 5.76 Å². The van der Waals surface area contributed by atoms with E-state index in [4.69, 9.17) is 14.1 Å². The molecule has 188 valence electrons. The number of hydrogen-bond acceptors (Lipinski definition) is 7. The standard InChI is InChI=1S/C26H35N5O4/c1-31-14-12-26(17-27,13-15-31)30-24(32)21(10-8-18-6-4-3-5-7-18)28-23-20-16-19(34-2)9-11-22(20)35-25(33)29-23/h9,11,16,18,21H,3-8,10,12-15H2,1-2H3,(H,30,32)(H,28,29,33). The molecular weight excluding hydrogens is 446 g/mol. The molecule has 1 aliphatic carbocycles. The van der Waals surface area contributed by atoms with Gasteiger partial charge in [-0.05, 0) is 56.8 Å². The minimum Gasteiger partial charge on any atom is -0.497 e. The average Bonchev–Trinajstić information content (AvgIpc) is 2.88. The van der Waals surface area contributed by atoms with Crippen molar-refractivity contribution in [2.75, 3.05) is 27.2 Å². The molecule has 1 amide bonds. The number of aromatic amines is 1. The van der Waals surface area contributed by atoms with Crippen LogP contribution in [0.2, 0.25) is 0 Å². The van der Waals surface area contributed by atoms with Gasteiger partial charge in [-0.25, -0.2) is 4.79 Å². The summed E-state index contributed by atoms with van der Waals surface area (Å²) in [6.07, 6.45) is 8.64. The molecule has 2 N–H and O–H groups in total. The summed E-state index contributed by atoms with van der Waals surface area (Å²) in [5, 5.41) is 13.5. The lowest BCUT2D eigenvalue weighted by Gasteiger charge is -2.36. The fourth-order valence-electron chi connectivity index (χ4n) is 5.16. The van der Waals surface area contributed by atoms with Gasteiger partial charge in [0.2, 0.25) is 5.91 Å². The van der Waals surface area contributed by atoms with E-state index in [1.54, 1.807) is 25.3 Å². The van der Waals surface area contributed by atoms with E-state index in [0.29, 0.717) is 41.9 Å². The van der Waals surface area contributed by atoms with Crippen molar-refractivity contribution in [3.8, 4) is 11.8 Å². The van der Waals surface area contributed by atoms with Gasteiger partial charge in [-0.3, -0.25) is 14.8 Å². The summed E-state index contributed by atoms with van der Waals surface area (Å²) in [5.74, 6) is 0.250. The van der Waals surface area contributed by atoms with Crippen LogP contribution in [0.5, 0.6) is 5.75 Å².